The molecule has 5 heteroatoms. The molecule has 0 aromatic heterocycles. The largest absolute Gasteiger partial charge is 0.409 e. The third kappa shape index (κ3) is 5.58. The highest BCUT2D eigenvalue weighted by Gasteiger charge is 2.21. The zero-order valence-electron chi connectivity index (χ0n) is 8.47. The molecule has 1 rings (SSSR count). The van der Waals surface area contributed by atoms with E-state index in [0.717, 1.165) is 11.5 Å². The van der Waals surface area contributed by atoms with E-state index in [1.165, 1.54) is 12.1 Å². The molecule has 0 N–H and O–H groups in total. The molecular weight excluding hydrogens is 219 g/mol. The van der Waals surface area contributed by atoms with E-state index >= 15 is 0 Å². The standard InChI is InChI=1S/C11H10BF4/c13-10-5-3-9(4-6-10)12-8-2-1-7-11(14,15)16/h1,3-7H,2,8H2. The van der Waals surface area contributed by atoms with Crippen molar-refractivity contribution in [3.63, 3.8) is 0 Å². The van der Waals surface area contributed by atoms with Gasteiger partial charge in [-0.15, -0.1) is 0 Å². The Bertz CT molecular complexity index is 340. The third-order valence-electron chi connectivity index (χ3n) is 1.89. The van der Waals surface area contributed by atoms with E-state index in [-0.39, 0.29) is 11.9 Å². The van der Waals surface area contributed by atoms with Gasteiger partial charge in [0.05, 0.1) is 0 Å². The fourth-order valence-electron chi connectivity index (χ4n) is 1.16. The quantitative estimate of drug-likeness (QED) is 0.322. The molecule has 0 aliphatic carbocycles. The summed E-state index contributed by atoms with van der Waals surface area (Å²) >= 11 is 0. The van der Waals surface area contributed by atoms with Crippen molar-refractivity contribution in [1.29, 1.82) is 0 Å². The topological polar surface area (TPSA) is 0 Å². The minimum atomic E-state index is -4.24. The van der Waals surface area contributed by atoms with Gasteiger partial charge in [0.2, 0.25) is 0 Å². The predicted octanol–water partition coefficient (Wildman–Crippen LogP) is 3.08. The molecule has 0 bridgehead atoms. The number of alkyl halides is 3. The maximum Gasteiger partial charge on any atom is 0.409 e. The van der Waals surface area contributed by atoms with Crippen LogP contribution in [0.4, 0.5) is 17.6 Å². The van der Waals surface area contributed by atoms with Crippen LogP contribution < -0.4 is 5.46 Å². The first-order valence-electron chi connectivity index (χ1n) is 4.80. The van der Waals surface area contributed by atoms with Gasteiger partial charge in [-0.25, -0.2) is 4.39 Å². The lowest BCUT2D eigenvalue weighted by Crippen LogP contribution is -2.12. The molecule has 1 aromatic carbocycles. The Morgan fingerprint density at radius 3 is 2.31 bits per heavy atom. The predicted molar refractivity (Wildman–Crippen MR) is 56.4 cm³/mol. The zero-order valence-corrected chi connectivity index (χ0v) is 8.47. The van der Waals surface area contributed by atoms with Gasteiger partial charge in [0.1, 0.15) is 5.82 Å². The maximum atomic E-state index is 12.5. The van der Waals surface area contributed by atoms with Crippen molar-refractivity contribution in [1.82, 2.24) is 0 Å². The second-order valence-electron chi connectivity index (χ2n) is 3.28. The molecule has 0 saturated heterocycles. The molecule has 16 heavy (non-hydrogen) atoms. The molecule has 0 aliphatic heterocycles. The summed E-state index contributed by atoms with van der Waals surface area (Å²) in [6, 6.07) is 5.81. The Kier molecular flexibility index (Phi) is 4.59. The van der Waals surface area contributed by atoms with Crippen LogP contribution in [0.3, 0.4) is 0 Å². The van der Waals surface area contributed by atoms with Gasteiger partial charge < -0.3 is 0 Å². The van der Waals surface area contributed by atoms with Crippen LogP contribution in [0.2, 0.25) is 6.32 Å². The first kappa shape index (κ1) is 12.8. The van der Waals surface area contributed by atoms with Crippen molar-refractivity contribution in [3.8, 4) is 0 Å². The molecule has 1 aromatic rings. The van der Waals surface area contributed by atoms with E-state index in [0.29, 0.717) is 12.7 Å². The Balaban J connectivity index is 2.26. The van der Waals surface area contributed by atoms with Gasteiger partial charge in [0, 0.05) is 6.08 Å². The lowest BCUT2D eigenvalue weighted by Gasteiger charge is -1.99. The number of benzene rings is 1. The average Bonchev–Trinajstić information content (AvgIpc) is 2.19. The normalized spacial score (nSPS) is 12.0. The van der Waals surface area contributed by atoms with E-state index in [1.54, 1.807) is 19.4 Å². The van der Waals surface area contributed by atoms with Crippen molar-refractivity contribution < 1.29 is 17.6 Å². The number of allylic oxidation sites excluding steroid dienone is 2. The number of hydrogen-bond donors (Lipinski definition) is 0. The molecule has 0 amide bonds. The van der Waals surface area contributed by atoms with Crippen molar-refractivity contribution >= 4 is 12.7 Å². The van der Waals surface area contributed by atoms with Gasteiger partial charge in [-0.3, -0.25) is 0 Å². The van der Waals surface area contributed by atoms with Crippen LogP contribution in [-0.2, 0) is 0 Å². The molecule has 0 aliphatic rings. The van der Waals surface area contributed by atoms with Crippen molar-refractivity contribution in [2.24, 2.45) is 0 Å². The second kappa shape index (κ2) is 5.73. The molecular formula is C11H10BF4. The minimum Gasteiger partial charge on any atom is -0.207 e. The number of rotatable bonds is 4. The first-order valence-corrected chi connectivity index (χ1v) is 4.80. The maximum absolute atomic E-state index is 12.5. The molecule has 0 saturated carbocycles. The molecule has 85 valence electrons. The van der Waals surface area contributed by atoms with Gasteiger partial charge in [-0.05, 0) is 18.6 Å². The van der Waals surface area contributed by atoms with Crippen LogP contribution in [0.25, 0.3) is 0 Å². The lowest BCUT2D eigenvalue weighted by atomic mass is 9.66. The highest BCUT2D eigenvalue weighted by molar-refractivity contribution is 6.53. The van der Waals surface area contributed by atoms with Crippen molar-refractivity contribution in [2.75, 3.05) is 0 Å². The summed E-state index contributed by atoms with van der Waals surface area (Å²) < 4.78 is 47.6. The lowest BCUT2D eigenvalue weighted by molar-refractivity contribution is -0.0800. The van der Waals surface area contributed by atoms with Crippen LogP contribution in [0.1, 0.15) is 6.42 Å². The van der Waals surface area contributed by atoms with E-state index in [1.807, 2.05) is 0 Å². The van der Waals surface area contributed by atoms with Gasteiger partial charge in [-0.2, -0.15) is 13.2 Å². The Morgan fingerprint density at radius 1 is 1.12 bits per heavy atom. The summed E-state index contributed by atoms with van der Waals surface area (Å²) in [6.45, 7) is 0. The van der Waals surface area contributed by atoms with E-state index in [2.05, 4.69) is 0 Å². The Morgan fingerprint density at radius 2 is 1.75 bits per heavy atom. The molecule has 0 spiro atoms. The van der Waals surface area contributed by atoms with Crippen molar-refractivity contribution in [3.05, 3.63) is 42.2 Å². The molecule has 0 heterocycles. The van der Waals surface area contributed by atoms with Gasteiger partial charge >= 0.3 is 6.18 Å². The summed E-state index contributed by atoms with van der Waals surface area (Å²) in [5.74, 6) is -0.325. The molecule has 1 radical (unpaired) electrons. The van der Waals surface area contributed by atoms with Gasteiger partial charge in [0.15, 0.2) is 7.28 Å². The zero-order chi connectivity index (χ0) is 12.0. The highest BCUT2D eigenvalue weighted by atomic mass is 19.4. The SMILES string of the molecule is Fc1ccc([B]CCC=CC(F)(F)F)cc1. The third-order valence-corrected chi connectivity index (χ3v) is 1.89. The van der Waals surface area contributed by atoms with Crippen LogP contribution in [-0.4, -0.2) is 13.5 Å². The second-order valence-corrected chi connectivity index (χ2v) is 3.28. The average molecular weight is 229 g/mol. The fourth-order valence-corrected chi connectivity index (χ4v) is 1.16. The highest BCUT2D eigenvalue weighted by Crippen LogP contribution is 2.16. The van der Waals surface area contributed by atoms with E-state index in [9.17, 15) is 17.6 Å². The summed E-state index contributed by atoms with van der Waals surface area (Å²) in [5, 5.41) is 0. The summed E-state index contributed by atoms with van der Waals surface area (Å²) in [5.41, 5.74) is 0.807. The monoisotopic (exact) mass is 229 g/mol. The van der Waals surface area contributed by atoms with Gasteiger partial charge in [-0.1, -0.05) is 30.0 Å². The summed E-state index contributed by atoms with van der Waals surface area (Å²) in [4.78, 5) is 0. The van der Waals surface area contributed by atoms with Crippen LogP contribution in [0, 0.1) is 5.82 Å². The van der Waals surface area contributed by atoms with Gasteiger partial charge in [0.25, 0.3) is 0 Å². The first-order chi connectivity index (χ1) is 7.47. The number of halogens is 4. The van der Waals surface area contributed by atoms with Crippen LogP contribution in [0.15, 0.2) is 36.4 Å². The van der Waals surface area contributed by atoms with Crippen LogP contribution >= 0.6 is 0 Å². The molecule has 0 unspecified atom stereocenters. The fraction of sp³-hybridized carbons (Fsp3) is 0.273. The van der Waals surface area contributed by atoms with Crippen molar-refractivity contribution in [2.45, 2.75) is 18.9 Å². The minimum absolute atomic E-state index is 0.228. The molecule has 0 nitrogen and oxygen atoms in total. The Labute approximate surface area is 92.2 Å². The molecule has 0 fully saturated rings. The smallest absolute Gasteiger partial charge is 0.207 e. The van der Waals surface area contributed by atoms with E-state index in [4.69, 9.17) is 0 Å². The van der Waals surface area contributed by atoms with Crippen LogP contribution in [0.5, 0.6) is 0 Å². The Hall–Kier alpha value is -1.26. The number of hydrogen-bond acceptors (Lipinski definition) is 0. The van der Waals surface area contributed by atoms with E-state index < -0.39 is 6.18 Å². The summed E-state index contributed by atoms with van der Waals surface area (Å²) in [7, 11) is 1.76. The molecule has 0 atom stereocenters. The summed E-state index contributed by atoms with van der Waals surface area (Å²) in [6.07, 6.45) is -2.11.